The van der Waals surface area contributed by atoms with Crippen molar-refractivity contribution in [1.82, 2.24) is 10.6 Å². The van der Waals surface area contributed by atoms with Gasteiger partial charge in [0.1, 0.15) is 11.4 Å². The number of carbonyl (C=O) groups is 1. The van der Waals surface area contributed by atoms with Crippen molar-refractivity contribution >= 4 is 6.09 Å². The zero-order chi connectivity index (χ0) is 17.3. The predicted molar refractivity (Wildman–Crippen MR) is 92.8 cm³/mol. The lowest BCUT2D eigenvalue weighted by Crippen LogP contribution is -2.40. The minimum atomic E-state index is -0.470. The van der Waals surface area contributed by atoms with Gasteiger partial charge in [-0.05, 0) is 51.8 Å². The lowest BCUT2D eigenvalue weighted by atomic mass is 10.2. The topological polar surface area (TPSA) is 59.6 Å². The third kappa shape index (κ3) is 9.08. The molecule has 0 aliphatic heterocycles. The number of hydrogen-bond acceptors (Lipinski definition) is 4. The average molecular weight is 322 g/mol. The van der Waals surface area contributed by atoms with Crippen molar-refractivity contribution in [1.29, 1.82) is 0 Å². The second-order valence-electron chi connectivity index (χ2n) is 6.66. The number of nitrogens with one attached hydrogen (secondary N) is 2. The standard InChI is InChI=1S/C18H30N2O3/c1-6-11-22-16-9-7-15(8-10-16)13-19-14(2)12-20-17(21)23-18(3,4)5/h7-10,14,19H,6,11-13H2,1-5H3,(H,20,21). The fraction of sp³-hybridized carbons (Fsp3) is 0.611. The van der Waals surface area contributed by atoms with Gasteiger partial charge < -0.3 is 20.1 Å². The molecular weight excluding hydrogens is 292 g/mol. The van der Waals surface area contributed by atoms with Crippen LogP contribution in [0.2, 0.25) is 0 Å². The molecular formula is C18H30N2O3. The van der Waals surface area contributed by atoms with Crippen LogP contribution in [-0.4, -0.2) is 30.9 Å². The van der Waals surface area contributed by atoms with E-state index >= 15 is 0 Å². The van der Waals surface area contributed by atoms with Crippen molar-refractivity contribution in [2.45, 2.75) is 59.2 Å². The number of benzene rings is 1. The lowest BCUT2D eigenvalue weighted by molar-refractivity contribution is 0.0523. The van der Waals surface area contributed by atoms with Crippen molar-refractivity contribution in [2.24, 2.45) is 0 Å². The number of amides is 1. The van der Waals surface area contributed by atoms with Crippen LogP contribution in [0.15, 0.2) is 24.3 Å². The van der Waals surface area contributed by atoms with Gasteiger partial charge in [-0.15, -0.1) is 0 Å². The zero-order valence-corrected chi connectivity index (χ0v) is 14.9. The summed E-state index contributed by atoms with van der Waals surface area (Å²) in [7, 11) is 0. The van der Waals surface area contributed by atoms with Gasteiger partial charge in [-0.3, -0.25) is 0 Å². The summed E-state index contributed by atoms with van der Waals surface area (Å²) < 4.78 is 10.8. The van der Waals surface area contributed by atoms with Crippen LogP contribution in [0, 0.1) is 0 Å². The van der Waals surface area contributed by atoms with E-state index < -0.39 is 5.60 Å². The highest BCUT2D eigenvalue weighted by Gasteiger charge is 2.16. The SMILES string of the molecule is CCCOc1ccc(CNC(C)CNC(=O)OC(C)(C)C)cc1. The molecule has 5 heteroatoms. The van der Waals surface area contributed by atoms with E-state index in [9.17, 15) is 4.79 Å². The summed E-state index contributed by atoms with van der Waals surface area (Å²) in [5.41, 5.74) is 0.709. The van der Waals surface area contributed by atoms with Gasteiger partial charge in [0.2, 0.25) is 0 Å². The fourth-order valence-electron chi connectivity index (χ4n) is 1.84. The molecule has 1 atom stereocenters. The van der Waals surface area contributed by atoms with Crippen molar-refractivity contribution in [3.63, 3.8) is 0 Å². The molecule has 1 aromatic rings. The van der Waals surface area contributed by atoms with Crippen LogP contribution in [0.25, 0.3) is 0 Å². The van der Waals surface area contributed by atoms with Gasteiger partial charge in [0.05, 0.1) is 6.61 Å². The molecule has 1 aromatic carbocycles. The van der Waals surface area contributed by atoms with E-state index in [4.69, 9.17) is 9.47 Å². The number of alkyl carbamates (subject to hydrolysis) is 1. The van der Waals surface area contributed by atoms with E-state index in [0.717, 1.165) is 25.3 Å². The summed E-state index contributed by atoms with van der Waals surface area (Å²) in [6.07, 6.45) is 0.620. The summed E-state index contributed by atoms with van der Waals surface area (Å²) in [5, 5.41) is 6.13. The van der Waals surface area contributed by atoms with E-state index in [1.54, 1.807) is 0 Å². The Morgan fingerprint density at radius 3 is 2.43 bits per heavy atom. The molecule has 5 nitrogen and oxygen atoms in total. The van der Waals surface area contributed by atoms with E-state index in [0.29, 0.717) is 6.54 Å². The maximum absolute atomic E-state index is 11.6. The summed E-state index contributed by atoms with van der Waals surface area (Å²) in [4.78, 5) is 11.6. The Bertz CT molecular complexity index is 466. The predicted octanol–water partition coefficient (Wildman–Crippen LogP) is 3.48. The average Bonchev–Trinajstić information content (AvgIpc) is 2.48. The third-order valence-corrected chi connectivity index (χ3v) is 3.00. The fourth-order valence-corrected chi connectivity index (χ4v) is 1.84. The summed E-state index contributed by atoms with van der Waals surface area (Å²) in [6.45, 7) is 11.7. The zero-order valence-electron chi connectivity index (χ0n) is 14.9. The summed E-state index contributed by atoms with van der Waals surface area (Å²) in [6, 6.07) is 8.21. The Morgan fingerprint density at radius 2 is 1.87 bits per heavy atom. The number of rotatable bonds is 8. The van der Waals surface area contributed by atoms with E-state index in [1.807, 2.05) is 52.0 Å². The maximum Gasteiger partial charge on any atom is 0.407 e. The summed E-state index contributed by atoms with van der Waals surface area (Å²) >= 11 is 0. The quantitative estimate of drug-likeness (QED) is 0.769. The van der Waals surface area contributed by atoms with Gasteiger partial charge >= 0.3 is 6.09 Å². The Balaban J connectivity index is 2.27. The molecule has 0 heterocycles. The van der Waals surface area contributed by atoms with E-state index in [2.05, 4.69) is 17.6 Å². The lowest BCUT2D eigenvalue weighted by Gasteiger charge is -2.21. The first kappa shape index (κ1) is 19.3. The Labute approximate surface area is 139 Å². The molecule has 0 saturated carbocycles. The van der Waals surface area contributed by atoms with Gasteiger partial charge in [-0.2, -0.15) is 0 Å². The van der Waals surface area contributed by atoms with Crippen molar-refractivity contribution in [2.75, 3.05) is 13.2 Å². The van der Waals surface area contributed by atoms with E-state index in [1.165, 1.54) is 5.56 Å². The first-order valence-corrected chi connectivity index (χ1v) is 8.22. The van der Waals surface area contributed by atoms with Gasteiger partial charge in [0.15, 0.2) is 0 Å². The van der Waals surface area contributed by atoms with Crippen molar-refractivity contribution in [3.05, 3.63) is 29.8 Å². The monoisotopic (exact) mass is 322 g/mol. The molecule has 23 heavy (non-hydrogen) atoms. The Morgan fingerprint density at radius 1 is 1.22 bits per heavy atom. The molecule has 0 radical (unpaired) electrons. The molecule has 130 valence electrons. The van der Waals surface area contributed by atoms with Gasteiger partial charge in [0.25, 0.3) is 0 Å². The highest BCUT2D eigenvalue weighted by atomic mass is 16.6. The molecule has 0 aliphatic rings. The maximum atomic E-state index is 11.6. The molecule has 1 amide bonds. The van der Waals surface area contributed by atoms with Crippen LogP contribution in [0.4, 0.5) is 4.79 Å². The Hall–Kier alpha value is -1.75. The minimum Gasteiger partial charge on any atom is -0.494 e. The van der Waals surface area contributed by atoms with Crippen LogP contribution in [-0.2, 0) is 11.3 Å². The first-order valence-electron chi connectivity index (χ1n) is 8.22. The first-order chi connectivity index (χ1) is 10.8. The van der Waals surface area contributed by atoms with Crippen LogP contribution in [0.5, 0.6) is 5.75 Å². The van der Waals surface area contributed by atoms with Crippen LogP contribution in [0.1, 0.15) is 46.6 Å². The largest absolute Gasteiger partial charge is 0.494 e. The molecule has 0 aromatic heterocycles. The van der Waals surface area contributed by atoms with Crippen LogP contribution in [0.3, 0.4) is 0 Å². The highest BCUT2D eigenvalue weighted by Crippen LogP contribution is 2.12. The molecule has 0 spiro atoms. The number of ether oxygens (including phenoxy) is 2. The highest BCUT2D eigenvalue weighted by molar-refractivity contribution is 5.67. The normalized spacial score (nSPS) is 12.6. The molecule has 0 saturated heterocycles. The van der Waals surface area contributed by atoms with Crippen LogP contribution >= 0.6 is 0 Å². The second kappa shape index (κ2) is 9.40. The molecule has 0 aliphatic carbocycles. The second-order valence-corrected chi connectivity index (χ2v) is 6.66. The van der Waals surface area contributed by atoms with E-state index in [-0.39, 0.29) is 12.1 Å². The minimum absolute atomic E-state index is 0.151. The third-order valence-electron chi connectivity index (χ3n) is 3.00. The molecule has 1 unspecified atom stereocenters. The number of hydrogen-bond donors (Lipinski definition) is 2. The van der Waals surface area contributed by atoms with Crippen molar-refractivity contribution < 1.29 is 14.3 Å². The Kier molecular flexibility index (Phi) is 7.89. The molecule has 2 N–H and O–H groups in total. The molecule has 0 fully saturated rings. The van der Waals surface area contributed by atoms with Gasteiger partial charge in [-0.1, -0.05) is 19.1 Å². The molecule has 1 rings (SSSR count). The molecule has 0 bridgehead atoms. The van der Waals surface area contributed by atoms with Gasteiger partial charge in [0, 0.05) is 19.1 Å². The van der Waals surface area contributed by atoms with Gasteiger partial charge in [-0.25, -0.2) is 4.79 Å². The smallest absolute Gasteiger partial charge is 0.407 e. The number of carbonyl (C=O) groups excluding carboxylic acids is 1. The van der Waals surface area contributed by atoms with Crippen LogP contribution < -0.4 is 15.4 Å². The summed E-state index contributed by atoms with van der Waals surface area (Å²) in [5.74, 6) is 0.898. The van der Waals surface area contributed by atoms with Crippen molar-refractivity contribution in [3.8, 4) is 5.75 Å².